The molecule has 2 aromatic rings. The molecule has 8 nitrogen and oxygen atoms in total. The molecular formula is C20H26N2O6S. The van der Waals surface area contributed by atoms with Gasteiger partial charge in [-0.25, -0.2) is 8.42 Å². The Morgan fingerprint density at radius 2 is 1.66 bits per heavy atom. The van der Waals surface area contributed by atoms with Crippen LogP contribution in [-0.2, 0) is 19.5 Å². The third kappa shape index (κ3) is 7.37. The van der Waals surface area contributed by atoms with Crippen LogP contribution < -0.4 is 14.8 Å². The van der Waals surface area contributed by atoms with E-state index in [4.69, 9.17) is 14.2 Å². The molecule has 0 saturated carbocycles. The van der Waals surface area contributed by atoms with Crippen molar-refractivity contribution < 1.29 is 27.4 Å². The Morgan fingerprint density at radius 3 is 2.28 bits per heavy atom. The van der Waals surface area contributed by atoms with Gasteiger partial charge in [0.25, 0.3) is 15.9 Å². The molecule has 1 amide bonds. The first-order chi connectivity index (χ1) is 14.0. The first-order valence-electron chi connectivity index (χ1n) is 9.17. The summed E-state index contributed by atoms with van der Waals surface area (Å²) < 4.78 is 43.0. The fraction of sp³-hybridized carbons (Fsp3) is 0.350. The van der Waals surface area contributed by atoms with Crippen LogP contribution in [0.3, 0.4) is 0 Å². The number of hydrogen-bond donors (Lipinski definition) is 2. The number of sulfonamides is 1. The van der Waals surface area contributed by atoms with Crippen LogP contribution in [0.4, 0.5) is 5.69 Å². The molecule has 0 spiro atoms. The summed E-state index contributed by atoms with van der Waals surface area (Å²) in [7, 11) is -2.18. The van der Waals surface area contributed by atoms with E-state index < -0.39 is 10.0 Å². The Balaban J connectivity index is 1.91. The van der Waals surface area contributed by atoms with Crippen molar-refractivity contribution in [1.29, 1.82) is 0 Å². The summed E-state index contributed by atoms with van der Waals surface area (Å²) in [4.78, 5) is 12.2. The van der Waals surface area contributed by atoms with Crippen LogP contribution in [0.15, 0.2) is 53.4 Å². The van der Waals surface area contributed by atoms with Gasteiger partial charge in [-0.05, 0) is 55.5 Å². The van der Waals surface area contributed by atoms with Crippen molar-refractivity contribution in [3.63, 3.8) is 0 Å². The first kappa shape index (κ1) is 22.7. The molecule has 9 heteroatoms. The largest absolute Gasteiger partial charge is 0.494 e. The minimum atomic E-state index is -3.77. The van der Waals surface area contributed by atoms with Crippen molar-refractivity contribution >= 4 is 21.6 Å². The number of benzene rings is 2. The molecule has 2 aromatic carbocycles. The lowest BCUT2D eigenvalue weighted by Crippen LogP contribution is -2.27. The number of nitrogens with one attached hydrogen (secondary N) is 2. The molecule has 2 rings (SSSR count). The van der Waals surface area contributed by atoms with E-state index in [0.29, 0.717) is 50.0 Å². The van der Waals surface area contributed by atoms with E-state index in [2.05, 4.69) is 10.0 Å². The molecule has 2 N–H and O–H groups in total. The Morgan fingerprint density at radius 1 is 0.966 bits per heavy atom. The summed E-state index contributed by atoms with van der Waals surface area (Å²) in [6.07, 6.45) is 0. The van der Waals surface area contributed by atoms with Gasteiger partial charge in [0.2, 0.25) is 0 Å². The highest BCUT2D eigenvalue weighted by molar-refractivity contribution is 7.92. The summed E-state index contributed by atoms with van der Waals surface area (Å²) in [5.74, 6) is 0.360. The van der Waals surface area contributed by atoms with Gasteiger partial charge < -0.3 is 19.5 Å². The molecule has 0 aromatic heterocycles. The molecule has 0 atom stereocenters. The van der Waals surface area contributed by atoms with Crippen LogP contribution in [0.25, 0.3) is 0 Å². The molecule has 0 radical (unpaired) electrons. The summed E-state index contributed by atoms with van der Waals surface area (Å²) in [6, 6.07) is 12.3. The number of carbonyl (C=O) groups is 1. The van der Waals surface area contributed by atoms with Crippen molar-refractivity contribution in [2.45, 2.75) is 11.8 Å². The lowest BCUT2D eigenvalue weighted by atomic mass is 10.2. The predicted octanol–water partition coefficient (Wildman–Crippen LogP) is 2.28. The van der Waals surface area contributed by atoms with Crippen molar-refractivity contribution in [3.05, 3.63) is 54.1 Å². The standard InChI is InChI=1S/C20H26N2O6S/c1-3-28-18-8-6-17(7-9-18)22-29(24,25)19-10-4-16(5-11-19)20(23)21-12-13-27-15-14-26-2/h4-11,22H,3,12-15H2,1-2H3,(H,21,23). The first-order valence-corrected chi connectivity index (χ1v) is 10.6. The maximum absolute atomic E-state index is 12.5. The van der Waals surface area contributed by atoms with Crippen molar-refractivity contribution in [2.24, 2.45) is 0 Å². The number of hydrogen-bond acceptors (Lipinski definition) is 6. The van der Waals surface area contributed by atoms with E-state index in [9.17, 15) is 13.2 Å². The highest BCUT2D eigenvalue weighted by atomic mass is 32.2. The Hall–Kier alpha value is -2.62. The minimum absolute atomic E-state index is 0.0610. The summed E-state index contributed by atoms with van der Waals surface area (Å²) in [5, 5.41) is 2.71. The zero-order chi connectivity index (χ0) is 21.1. The molecule has 0 aliphatic heterocycles. The normalized spacial score (nSPS) is 11.1. The zero-order valence-corrected chi connectivity index (χ0v) is 17.3. The van der Waals surface area contributed by atoms with Gasteiger partial charge in [-0.2, -0.15) is 0 Å². The number of anilines is 1. The minimum Gasteiger partial charge on any atom is -0.494 e. The van der Waals surface area contributed by atoms with E-state index in [0.717, 1.165) is 0 Å². The molecule has 0 aliphatic carbocycles. The van der Waals surface area contributed by atoms with Crippen LogP contribution in [0.5, 0.6) is 5.75 Å². The van der Waals surface area contributed by atoms with Gasteiger partial charge in [0.05, 0.1) is 31.3 Å². The molecule has 0 bridgehead atoms. The topological polar surface area (TPSA) is 103 Å². The maximum Gasteiger partial charge on any atom is 0.261 e. The van der Waals surface area contributed by atoms with Crippen LogP contribution in [0, 0.1) is 0 Å². The molecular weight excluding hydrogens is 396 g/mol. The smallest absolute Gasteiger partial charge is 0.261 e. The van der Waals surface area contributed by atoms with Crippen LogP contribution >= 0.6 is 0 Å². The van der Waals surface area contributed by atoms with Gasteiger partial charge in [0.15, 0.2) is 0 Å². The fourth-order valence-electron chi connectivity index (χ4n) is 2.37. The number of amides is 1. The Labute approximate surface area is 171 Å². The van der Waals surface area contributed by atoms with Gasteiger partial charge >= 0.3 is 0 Å². The van der Waals surface area contributed by atoms with Crippen LogP contribution in [-0.4, -0.2) is 54.4 Å². The molecule has 29 heavy (non-hydrogen) atoms. The van der Waals surface area contributed by atoms with E-state index in [1.165, 1.54) is 24.3 Å². The molecule has 158 valence electrons. The van der Waals surface area contributed by atoms with Gasteiger partial charge in [-0.1, -0.05) is 0 Å². The van der Waals surface area contributed by atoms with Crippen molar-refractivity contribution in [3.8, 4) is 5.75 Å². The number of methoxy groups -OCH3 is 1. The van der Waals surface area contributed by atoms with Crippen LogP contribution in [0.1, 0.15) is 17.3 Å². The summed E-state index contributed by atoms with van der Waals surface area (Å²) in [6.45, 7) is 4.08. The number of ether oxygens (including phenoxy) is 3. The fourth-order valence-corrected chi connectivity index (χ4v) is 3.43. The Kier molecular flexibility index (Phi) is 8.91. The van der Waals surface area contributed by atoms with Crippen molar-refractivity contribution in [1.82, 2.24) is 5.32 Å². The van der Waals surface area contributed by atoms with Crippen molar-refractivity contribution in [2.75, 3.05) is 44.8 Å². The zero-order valence-electron chi connectivity index (χ0n) is 16.5. The van der Waals surface area contributed by atoms with Gasteiger partial charge in [-0.3, -0.25) is 9.52 Å². The highest BCUT2D eigenvalue weighted by Gasteiger charge is 2.15. The third-order valence-electron chi connectivity index (χ3n) is 3.81. The average molecular weight is 423 g/mol. The lowest BCUT2D eigenvalue weighted by molar-refractivity contribution is 0.0692. The second-order valence-electron chi connectivity index (χ2n) is 5.95. The Bertz CT molecular complexity index is 867. The molecule has 0 saturated heterocycles. The number of rotatable bonds is 12. The highest BCUT2D eigenvalue weighted by Crippen LogP contribution is 2.20. The summed E-state index contributed by atoms with van der Waals surface area (Å²) >= 11 is 0. The van der Waals surface area contributed by atoms with E-state index in [1.807, 2.05) is 6.92 Å². The molecule has 0 unspecified atom stereocenters. The monoisotopic (exact) mass is 422 g/mol. The second-order valence-corrected chi connectivity index (χ2v) is 7.63. The lowest BCUT2D eigenvalue weighted by Gasteiger charge is -2.10. The van der Waals surface area contributed by atoms with Crippen LogP contribution in [0.2, 0.25) is 0 Å². The van der Waals surface area contributed by atoms with Gasteiger partial charge in [0.1, 0.15) is 5.75 Å². The molecule has 0 aliphatic rings. The van der Waals surface area contributed by atoms with Gasteiger partial charge in [-0.15, -0.1) is 0 Å². The second kappa shape index (κ2) is 11.4. The van der Waals surface area contributed by atoms with E-state index in [-0.39, 0.29) is 10.8 Å². The third-order valence-corrected chi connectivity index (χ3v) is 5.21. The predicted molar refractivity (Wildman–Crippen MR) is 110 cm³/mol. The maximum atomic E-state index is 12.5. The molecule has 0 fully saturated rings. The SMILES string of the molecule is CCOc1ccc(NS(=O)(=O)c2ccc(C(=O)NCCOCCOC)cc2)cc1. The molecule has 0 heterocycles. The van der Waals surface area contributed by atoms with E-state index in [1.54, 1.807) is 31.4 Å². The van der Waals surface area contributed by atoms with E-state index >= 15 is 0 Å². The quantitative estimate of drug-likeness (QED) is 0.509. The van der Waals surface area contributed by atoms with Gasteiger partial charge in [0, 0.05) is 24.9 Å². The number of carbonyl (C=O) groups excluding carboxylic acids is 1. The summed E-state index contributed by atoms with van der Waals surface area (Å²) in [5.41, 5.74) is 0.783. The average Bonchev–Trinajstić information content (AvgIpc) is 2.72.